The Balaban J connectivity index is 1.27. The van der Waals surface area contributed by atoms with Crippen molar-refractivity contribution in [3.8, 4) is 11.3 Å². The number of hydrogen-bond acceptors (Lipinski definition) is 7. The van der Waals surface area contributed by atoms with Crippen LogP contribution in [0.5, 0.6) is 0 Å². The van der Waals surface area contributed by atoms with Crippen LogP contribution < -0.4 is 10.2 Å². The van der Waals surface area contributed by atoms with Crippen LogP contribution in [0, 0.1) is 6.92 Å². The van der Waals surface area contributed by atoms with Crippen molar-refractivity contribution in [1.29, 1.82) is 0 Å². The first kappa shape index (κ1) is 23.0. The number of piperazine rings is 1. The Morgan fingerprint density at radius 1 is 1.03 bits per heavy atom. The Labute approximate surface area is 208 Å². The van der Waals surface area contributed by atoms with E-state index < -0.39 is 0 Å². The Morgan fingerprint density at radius 3 is 2.54 bits per heavy atom. The molecule has 1 amide bonds. The van der Waals surface area contributed by atoms with E-state index in [1.165, 1.54) is 11.9 Å². The fourth-order valence-electron chi connectivity index (χ4n) is 4.22. The topological polar surface area (TPSA) is 87.4 Å². The predicted molar refractivity (Wildman–Crippen MR) is 136 cm³/mol. The van der Waals surface area contributed by atoms with Crippen LogP contribution in [-0.4, -0.2) is 52.1 Å². The first-order chi connectivity index (χ1) is 17.1. The number of halogens is 1. The zero-order chi connectivity index (χ0) is 24.2. The highest BCUT2D eigenvalue weighted by Crippen LogP contribution is 2.31. The van der Waals surface area contributed by atoms with Crippen molar-refractivity contribution < 1.29 is 9.32 Å². The Bertz CT molecular complexity index is 1320. The van der Waals surface area contributed by atoms with Crippen molar-refractivity contribution in [3.05, 3.63) is 88.9 Å². The number of nitrogens with zero attached hydrogens (tertiary/aromatic N) is 5. The van der Waals surface area contributed by atoms with Gasteiger partial charge in [-0.3, -0.25) is 9.69 Å². The third-order valence-electron chi connectivity index (χ3n) is 6.06. The van der Waals surface area contributed by atoms with Gasteiger partial charge in [0, 0.05) is 44.4 Å². The summed E-state index contributed by atoms with van der Waals surface area (Å²) in [5.41, 5.74) is 2.67. The molecule has 1 N–H and O–H groups in total. The molecule has 1 aliphatic rings. The van der Waals surface area contributed by atoms with E-state index in [-0.39, 0.29) is 5.91 Å². The maximum absolute atomic E-state index is 13.2. The molecule has 0 spiro atoms. The molecular weight excluding hydrogens is 464 g/mol. The maximum atomic E-state index is 13.2. The molecule has 0 atom stereocenters. The number of nitrogens with one attached hydrogen (secondary N) is 1. The fourth-order valence-corrected chi connectivity index (χ4v) is 4.45. The molecule has 0 unspecified atom stereocenters. The van der Waals surface area contributed by atoms with Crippen molar-refractivity contribution in [2.24, 2.45) is 0 Å². The van der Waals surface area contributed by atoms with Gasteiger partial charge in [0.2, 0.25) is 0 Å². The van der Waals surface area contributed by atoms with E-state index in [4.69, 9.17) is 16.1 Å². The van der Waals surface area contributed by atoms with Crippen molar-refractivity contribution >= 4 is 29.1 Å². The van der Waals surface area contributed by atoms with Gasteiger partial charge < -0.3 is 14.7 Å². The molecule has 0 radical (unpaired) electrons. The molecule has 35 heavy (non-hydrogen) atoms. The van der Waals surface area contributed by atoms with E-state index >= 15 is 0 Å². The number of hydrogen-bond donors (Lipinski definition) is 1. The molecule has 8 nitrogen and oxygen atoms in total. The highest BCUT2D eigenvalue weighted by Gasteiger charge is 2.24. The lowest BCUT2D eigenvalue weighted by molar-refractivity contribution is 0.102. The van der Waals surface area contributed by atoms with Crippen molar-refractivity contribution in [2.45, 2.75) is 13.5 Å². The lowest BCUT2D eigenvalue weighted by Crippen LogP contribution is -2.46. The van der Waals surface area contributed by atoms with Crippen LogP contribution in [0.2, 0.25) is 5.02 Å². The molecule has 1 aliphatic heterocycles. The van der Waals surface area contributed by atoms with Gasteiger partial charge in [0.15, 0.2) is 0 Å². The predicted octanol–water partition coefficient (Wildman–Crippen LogP) is 4.67. The normalized spacial score (nSPS) is 14.2. The molecular formula is C26H25ClN6O2. The van der Waals surface area contributed by atoms with Gasteiger partial charge in [0.25, 0.3) is 5.91 Å². The average molecular weight is 489 g/mol. The third-order valence-corrected chi connectivity index (χ3v) is 6.39. The average Bonchev–Trinajstić information content (AvgIpc) is 3.27. The van der Waals surface area contributed by atoms with E-state index in [2.05, 4.69) is 54.5 Å². The number of anilines is 2. The summed E-state index contributed by atoms with van der Waals surface area (Å²) >= 11 is 6.32. The highest BCUT2D eigenvalue weighted by molar-refractivity contribution is 6.33. The number of aromatic nitrogens is 3. The van der Waals surface area contributed by atoms with Crippen LogP contribution in [-0.2, 0) is 6.54 Å². The summed E-state index contributed by atoms with van der Waals surface area (Å²) in [6.45, 7) is 6.19. The molecule has 1 saturated heterocycles. The van der Waals surface area contributed by atoms with Gasteiger partial charge in [-0.1, -0.05) is 65.3 Å². The summed E-state index contributed by atoms with van der Waals surface area (Å²) in [4.78, 5) is 26.5. The summed E-state index contributed by atoms with van der Waals surface area (Å²) in [5.74, 6) is 1.23. The van der Waals surface area contributed by atoms with Gasteiger partial charge in [-0.15, -0.1) is 0 Å². The summed E-state index contributed by atoms with van der Waals surface area (Å²) in [5, 5.41) is 7.43. The second-order valence-corrected chi connectivity index (χ2v) is 8.81. The second-order valence-electron chi connectivity index (χ2n) is 8.41. The smallest absolute Gasteiger partial charge is 0.262 e. The Hall–Kier alpha value is -3.75. The lowest BCUT2D eigenvalue weighted by Gasteiger charge is -2.35. The lowest BCUT2D eigenvalue weighted by atomic mass is 10.1. The number of aryl methyl sites for hydroxylation is 1. The Kier molecular flexibility index (Phi) is 6.74. The molecule has 0 aliphatic carbocycles. The molecule has 1 fully saturated rings. The van der Waals surface area contributed by atoms with Crippen LogP contribution in [0.25, 0.3) is 11.3 Å². The van der Waals surface area contributed by atoms with Gasteiger partial charge in [0.05, 0.1) is 5.02 Å². The summed E-state index contributed by atoms with van der Waals surface area (Å²) in [6.07, 6.45) is 1.47. The quantitative estimate of drug-likeness (QED) is 0.422. The van der Waals surface area contributed by atoms with Crippen LogP contribution in [0.15, 0.2) is 71.5 Å². The fraction of sp³-hybridized carbons (Fsp3) is 0.231. The molecule has 2 aromatic heterocycles. The van der Waals surface area contributed by atoms with Crippen molar-refractivity contribution in [2.75, 3.05) is 36.4 Å². The second kappa shape index (κ2) is 10.2. The van der Waals surface area contributed by atoms with Crippen LogP contribution in [0.1, 0.15) is 21.7 Å². The number of carbonyl (C=O) groups excluding carboxylic acids is 1. The summed E-state index contributed by atoms with van der Waals surface area (Å²) < 4.78 is 5.32. The number of benzene rings is 2. The molecule has 0 saturated carbocycles. The summed E-state index contributed by atoms with van der Waals surface area (Å²) in [7, 11) is 0. The van der Waals surface area contributed by atoms with E-state index in [1.54, 1.807) is 25.1 Å². The van der Waals surface area contributed by atoms with E-state index in [1.807, 2.05) is 18.2 Å². The van der Waals surface area contributed by atoms with Gasteiger partial charge in [-0.25, -0.2) is 9.97 Å². The number of carbonyl (C=O) groups is 1. The van der Waals surface area contributed by atoms with Gasteiger partial charge in [-0.05, 0) is 18.6 Å². The molecule has 2 aromatic carbocycles. The van der Waals surface area contributed by atoms with Gasteiger partial charge in [0.1, 0.15) is 35.0 Å². The standard InChI is InChI=1S/C26H25ClN6O2/c1-18-24(25(31-35-18)20-9-5-6-10-21(20)27)26(34)30-22-15-23(29-17-28-22)33-13-11-32(12-14-33)16-19-7-3-2-4-8-19/h2-10,15,17H,11-14,16H2,1H3,(H,28,29,30,34). The largest absolute Gasteiger partial charge is 0.360 e. The number of rotatable bonds is 6. The molecule has 5 rings (SSSR count). The zero-order valence-corrected chi connectivity index (χ0v) is 20.1. The number of amides is 1. The molecule has 178 valence electrons. The van der Waals surface area contributed by atoms with Crippen LogP contribution in [0.4, 0.5) is 11.6 Å². The minimum atomic E-state index is -0.365. The minimum absolute atomic E-state index is 0.327. The van der Waals surface area contributed by atoms with Crippen molar-refractivity contribution in [3.63, 3.8) is 0 Å². The SMILES string of the molecule is Cc1onc(-c2ccccc2Cl)c1C(=O)Nc1cc(N2CCN(Cc3ccccc3)CC2)ncn1. The zero-order valence-electron chi connectivity index (χ0n) is 19.3. The van der Waals surface area contributed by atoms with E-state index in [9.17, 15) is 4.79 Å². The van der Waals surface area contributed by atoms with Gasteiger partial charge >= 0.3 is 0 Å². The molecule has 3 heterocycles. The molecule has 9 heteroatoms. The van der Waals surface area contributed by atoms with Crippen LogP contribution >= 0.6 is 11.6 Å². The minimum Gasteiger partial charge on any atom is -0.360 e. The van der Waals surface area contributed by atoms with E-state index in [0.717, 1.165) is 38.5 Å². The first-order valence-electron chi connectivity index (χ1n) is 11.4. The Morgan fingerprint density at radius 2 is 1.77 bits per heavy atom. The maximum Gasteiger partial charge on any atom is 0.262 e. The highest BCUT2D eigenvalue weighted by atomic mass is 35.5. The van der Waals surface area contributed by atoms with Gasteiger partial charge in [-0.2, -0.15) is 0 Å². The first-order valence-corrected chi connectivity index (χ1v) is 11.8. The van der Waals surface area contributed by atoms with Crippen LogP contribution in [0.3, 0.4) is 0 Å². The third kappa shape index (κ3) is 5.18. The molecule has 4 aromatic rings. The van der Waals surface area contributed by atoms with E-state index in [0.29, 0.717) is 33.4 Å². The summed E-state index contributed by atoms with van der Waals surface area (Å²) in [6, 6.07) is 19.5. The monoisotopic (exact) mass is 488 g/mol. The molecule has 0 bridgehead atoms. The van der Waals surface area contributed by atoms with Crippen molar-refractivity contribution in [1.82, 2.24) is 20.0 Å².